The number of carbonyl (C=O) groups excluding carboxylic acids is 2. The van der Waals surface area contributed by atoms with Crippen LogP contribution in [0, 0.1) is 5.82 Å². The molecular weight excluding hydrogens is 368 g/mol. The molecule has 2 N–H and O–H groups in total. The molecule has 140 valence electrons. The maximum Gasteiger partial charge on any atom is 0.449 e. The number of amides is 2. The molecule has 0 saturated carbocycles. The molecule has 0 fully saturated rings. The van der Waals surface area contributed by atoms with E-state index in [0.29, 0.717) is 4.57 Å². The quantitative estimate of drug-likeness (QED) is 0.542. The fourth-order valence-corrected chi connectivity index (χ4v) is 2.47. The molecule has 0 bridgehead atoms. The first-order chi connectivity index (χ1) is 12.8. The third-order valence-corrected chi connectivity index (χ3v) is 3.64. The molecule has 1 heterocycles. The fraction of sp³-hybridized carbons (Fsp3) is 0.118. The second-order valence-electron chi connectivity index (χ2n) is 5.49. The Kier molecular flexibility index (Phi) is 4.80. The predicted octanol–water partition coefficient (Wildman–Crippen LogP) is 2.66. The molecule has 0 radical (unpaired) electrons. The minimum atomic E-state index is -4.77. The number of hydrogen-bond donors (Lipinski definition) is 2. The van der Waals surface area contributed by atoms with Gasteiger partial charge in [-0.1, -0.05) is 24.3 Å². The highest BCUT2D eigenvalue weighted by Crippen LogP contribution is 2.31. The maximum atomic E-state index is 13.5. The first-order valence-corrected chi connectivity index (χ1v) is 7.63. The lowest BCUT2D eigenvalue weighted by Gasteiger charge is -2.12. The summed E-state index contributed by atoms with van der Waals surface area (Å²) in [6, 6.07) is 10.9. The number of nitrogens with one attached hydrogen (secondary N) is 2. The van der Waals surface area contributed by atoms with Gasteiger partial charge < -0.3 is 4.57 Å². The van der Waals surface area contributed by atoms with Crippen LogP contribution in [-0.4, -0.2) is 21.4 Å². The van der Waals surface area contributed by atoms with Crippen LogP contribution in [0.2, 0.25) is 0 Å². The highest BCUT2D eigenvalue weighted by Gasteiger charge is 2.38. The van der Waals surface area contributed by atoms with Crippen LogP contribution in [0.25, 0.3) is 11.0 Å². The Bertz CT molecular complexity index is 1010. The number of carbonyl (C=O) groups is 2. The zero-order valence-electron chi connectivity index (χ0n) is 13.5. The van der Waals surface area contributed by atoms with Crippen LogP contribution in [0.5, 0.6) is 0 Å². The molecule has 0 saturated heterocycles. The van der Waals surface area contributed by atoms with Gasteiger partial charge in [-0.15, -0.1) is 0 Å². The van der Waals surface area contributed by atoms with Crippen molar-refractivity contribution in [1.29, 1.82) is 0 Å². The highest BCUT2D eigenvalue weighted by molar-refractivity contribution is 5.95. The first kappa shape index (κ1) is 18.4. The highest BCUT2D eigenvalue weighted by atomic mass is 19.4. The van der Waals surface area contributed by atoms with E-state index in [1.807, 2.05) is 10.9 Å². The summed E-state index contributed by atoms with van der Waals surface area (Å²) in [5.41, 5.74) is 3.80. The number of fused-ring (bicyclic) bond motifs is 1. The summed E-state index contributed by atoms with van der Waals surface area (Å²) >= 11 is 0. The van der Waals surface area contributed by atoms with Crippen LogP contribution in [0.3, 0.4) is 0 Å². The maximum absolute atomic E-state index is 13.5. The molecule has 3 rings (SSSR count). The molecule has 0 atom stereocenters. The van der Waals surface area contributed by atoms with Crippen molar-refractivity contribution in [2.24, 2.45) is 0 Å². The SMILES string of the molecule is O=C(Cn1c(C(F)(F)F)nc2ccccc21)NNC(=O)c1ccccc1F. The summed E-state index contributed by atoms with van der Waals surface area (Å²) in [6.07, 6.45) is -4.77. The number of halogens is 4. The summed E-state index contributed by atoms with van der Waals surface area (Å²) in [7, 11) is 0. The number of alkyl halides is 3. The van der Waals surface area contributed by atoms with Gasteiger partial charge in [-0.05, 0) is 24.3 Å². The van der Waals surface area contributed by atoms with Crippen LogP contribution in [0.4, 0.5) is 17.6 Å². The van der Waals surface area contributed by atoms with Crippen LogP contribution in [0.15, 0.2) is 48.5 Å². The van der Waals surface area contributed by atoms with Crippen LogP contribution < -0.4 is 10.9 Å². The van der Waals surface area contributed by atoms with Crippen LogP contribution in [-0.2, 0) is 17.5 Å². The summed E-state index contributed by atoms with van der Waals surface area (Å²) in [5.74, 6) is -3.91. The van der Waals surface area contributed by atoms with E-state index in [-0.39, 0.29) is 16.6 Å². The molecular formula is C17H12F4N4O2. The van der Waals surface area contributed by atoms with E-state index in [9.17, 15) is 27.2 Å². The van der Waals surface area contributed by atoms with E-state index in [1.165, 1.54) is 42.5 Å². The average Bonchev–Trinajstić information content (AvgIpc) is 2.99. The Morgan fingerprint density at radius 3 is 2.37 bits per heavy atom. The Morgan fingerprint density at radius 1 is 1.00 bits per heavy atom. The lowest BCUT2D eigenvalue weighted by Crippen LogP contribution is -2.43. The van der Waals surface area contributed by atoms with Gasteiger partial charge in [-0.2, -0.15) is 13.2 Å². The molecule has 0 unspecified atom stereocenters. The zero-order valence-corrected chi connectivity index (χ0v) is 13.5. The molecule has 1 aromatic heterocycles. The van der Waals surface area contributed by atoms with Crippen molar-refractivity contribution in [2.75, 3.05) is 0 Å². The molecule has 0 aliphatic heterocycles. The predicted molar refractivity (Wildman–Crippen MR) is 86.7 cm³/mol. The van der Waals surface area contributed by atoms with Gasteiger partial charge in [0, 0.05) is 0 Å². The summed E-state index contributed by atoms with van der Waals surface area (Å²) in [4.78, 5) is 27.4. The molecule has 0 aliphatic carbocycles. The van der Waals surface area contributed by atoms with E-state index >= 15 is 0 Å². The zero-order chi connectivity index (χ0) is 19.6. The number of imidazole rings is 1. The number of nitrogens with zero attached hydrogens (tertiary/aromatic N) is 2. The van der Waals surface area contributed by atoms with Crippen molar-refractivity contribution in [3.63, 3.8) is 0 Å². The third kappa shape index (κ3) is 3.89. The summed E-state index contributed by atoms with van der Waals surface area (Å²) in [5, 5.41) is 0. The Hall–Kier alpha value is -3.43. The molecule has 27 heavy (non-hydrogen) atoms. The topological polar surface area (TPSA) is 76.0 Å². The smallest absolute Gasteiger partial charge is 0.311 e. The van der Waals surface area contributed by atoms with E-state index in [1.54, 1.807) is 0 Å². The Labute approximate surface area is 149 Å². The van der Waals surface area contributed by atoms with Gasteiger partial charge in [0.15, 0.2) is 0 Å². The molecule has 10 heteroatoms. The number of rotatable bonds is 3. The standard InChI is InChI=1S/C17H12F4N4O2/c18-11-6-2-1-5-10(11)15(27)24-23-14(26)9-25-13-8-4-3-7-12(13)22-16(25)17(19,20)21/h1-8H,9H2,(H,23,26)(H,24,27). The minimum Gasteiger partial charge on any atom is -0.311 e. The molecule has 2 amide bonds. The average molecular weight is 380 g/mol. The largest absolute Gasteiger partial charge is 0.449 e. The van der Waals surface area contributed by atoms with Crippen molar-refractivity contribution in [3.05, 3.63) is 65.7 Å². The molecule has 2 aromatic carbocycles. The number of hydrazine groups is 1. The Morgan fingerprint density at radius 2 is 1.67 bits per heavy atom. The van der Waals surface area contributed by atoms with Gasteiger partial charge in [0.2, 0.25) is 5.82 Å². The fourth-order valence-electron chi connectivity index (χ4n) is 2.47. The molecule has 6 nitrogen and oxygen atoms in total. The molecule has 3 aromatic rings. The van der Waals surface area contributed by atoms with Gasteiger partial charge >= 0.3 is 6.18 Å². The lowest BCUT2D eigenvalue weighted by atomic mass is 10.2. The van der Waals surface area contributed by atoms with Gasteiger partial charge in [0.25, 0.3) is 11.8 Å². The van der Waals surface area contributed by atoms with Crippen molar-refractivity contribution in [1.82, 2.24) is 20.4 Å². The number of hydrogen-bond acceptors (Lipinski definition) is 3. The van der Waals surface area contributed by atoms with Crippen molar-refractivity contribution >= 4 is 22.8 Å². The normalized spacial score (nSPS) is 11.4. The monoisotopic (exact) mass is 380 g/mol. The van der Waals surface area contributed by atoms with Crippen molar-refractivity contribution in [3.8, 4) is 0 Å². The minimum absolute atomic E-state index is 0.0769. The number of benzene rings is 2. The lowest BCUT2D eigenvalue weighted by molar-refractivity contribution is -0.147. The van der Waals surface area contributed by atoms with Crippen molar-refractivity contribution < 1.29 is 27.2 Å². The van der Waals surface area contributed by atoms with Crippen LogP contribution >= 0.6 is 0 Å². The Balaban J connectivity index is 1.76. The summed E-state index contributed by atoms with van der Waals surface area (Å²) in [6.45, 7) is -0.743. The molecule has 0 spiro atoms. The molecule has 0 aliphatic rings. The van der Waals surface area contributed by atoms with E-state index < -0.39 is 36.2 Å². The first-order valence-electron chi connectivity index (χ1n) is 7.63. The van der Waals surface area contributed by atoms with Gasteiger partial charge in [0.1, 0.15) is 12.4 Å². The van der Waals surface area contributed by atoms with Gasteiger partial charge in [-0.3, -0.25) is 20.4 Å². The van der Waals surface area contributed by atoms with Crippen LogP contribution in [0.1, 0.15) is 16.2 Å². The van der Waals surface area contributed by atoms with E-state index in [4.69, 9.17) is 0 Å². The third-order valence-electron chi connectivity index (χ3n) is 3.64. The van der Waals surface area contributed by atoms with E-state index in [0.717, 1.165) is 6.07 Å². The second kappa shape index (κ2) is 7.06. The van der Waals surface area contributed by atoms with Gasteiger partial charge in [0.05, 0.1) is 16.6 Å². The summed E-state index contributed by atoms with van der Waals surface area (Å²) < 4.78 is 53.8. The van der Waals surface area contributed by atoms with Gasteiger partial charge in [-0.25, -0.2) is 9.37 Å². The number of aromatic nitrogens is 2. The van der Waals surface area contributed by atoms with Crippen molar-refractivity contribution in [2.45, 2.75) is 12.7 Å². The van der Waals surface area contributed by atoms with E-state index in [2.05, 4.69) is 4.98 Å². The second-order valence-corrected chi connectivity index (χ2v) is 5.49. The number of para-hydroxylation sites is 2.